The van der Waals surface area contributed by atoms with Crippen molar-refractivity contribution in [3.05, 3.63) is 18.4 Å². The fourth-order valence-corrected chi connectivity index (χ4v) is 1.36. The first-order valence-corrected chi connectivity index (χ1v) is 4.19. The van der Waals surface area contributed by atoms with E-state index in [-0.39, 0.29) is 6.61 Å². The molecule has 1 rings (SSSR count). The van der Waals surface area contributed by atoms with Crippen molar-refractivity contribution in [2.24, 2.45) is 0 Å². The summed E-state index contributed by atoms with van der Waals surface area (Å²) in [5.74, 6) is 0.921. The summed E-state index contributed by atoms with van der Waals surface area (Å²) in [6.45, 7) is 0.258. The maximum absolute atomic E-state index is 8.45. The summed E-state index contributed by atoms with van der Waals surface area (Å²) >= 11 is 1.62. The first-order chi connectivity index (χ1) is 4.93. The zero-order valence-electron chi connectivity index (χ0n) is 5.62. The van der Waals surface area contributed by atoms with Gasteiger partial charge in [0.25, 0.3) is 0 Å². The second-order valence-electron chi connectivity index (χ2n) is 1.86. The number of thioether (sulfide) groups is 1. The lowest BCUT2D eigenvalue weighted by Gasteiger charge is -1.92. The predicted molar refractivity (Wildman–Crippen MR) is 41.1 cm³/mol. The second-order valence-corrected chi connectivity index (χ2v) is 2.96. The van der Waals surface area contributed by atoms with Crippen LogP contribution in [0.1, 0.15) is 6.42 Å². The van der Waals surface area contributed by atoms with Gasteiger partial charge in [0.05, 0.1) is 6.26 Å². The quantitative estimate of drug-likeness (QED) is 0.535. The van der Waals surface area contributed by atoms with Gasteiger partial charge in [-0.3, -0.25) is 0 Å². The van der Waals surface area contributed by atoms with Crippen molar-refractivity contribution in [3.63, 3.8) is 0 Å². The first-order valence-electron chi connectivity index (χ1n) is 3.20. The van der Waals surface area contributed by atoms with Gasteiger partial charge in [0.1, 0.15) is 0 Å². The molecule has 0 saturated carbocycles. The van der Waals surface area contributed by atoms with Crippen LogP contribution >= 0.6 is 11.8 Å². The van der Waals surface area contributed by atoms with Gasteiger partial charge in [-0.15, -0.1) is 0 Å². The Labute approximate surface area is 64.2 Å². The largest absolute Gasteiger partial charge is 0.458 e. The molecule has 0 atom stereocenters. The lowest BCUT2D eigenvalue weighted by Crippen LogP contribution is -1.83. The average Bonchev–Trinajstić information content (AvgIpc) is 2.41. The molecule has 1 aromatic heterocycles. The highest BCUT2D eigenvalue weighted by Crippen LogP contribution is 2.17. The van der Waals surface area contributed by atoms with Gasteiger partial charge in [-0.2, -0.15) is 0 Å². The average molecular weight is 158 g/mol. The van der Waals surface area contributed by atoms with E-state index >= 15 is 0 Å². The molecule has 56 valence electrons. The number of aliphatic hydroxyl groups is 1. The van der Waals surface area contributed by atoms with E-state index < -0.39 is 0 Å². The van der Waals surface area contributed by atoms with Crippen LogP contribution in [0.25, 0.3) is 0 Å². The van der Waals surface area contributed by atoms with Crippen LogP contribution in [0, 0.1) is 0 Å². The summed E-state index contributed by atoms with van der Waals surface area (Å²) in [7, 11) is 0. The SMILES string of the molecule is OCCCSc1ccco1. The molecule has 0 aliphatic heterocycles. The van der Waals surface area contributed by atoms with Crippen LogP contribution in [0.15, 0.2) is 27.9 Å². The molecular formula is C7H10O2S. The summed E-state index contributed by atoms with van der Waals surface area (Å²) in [5.41, 5.74) is 0. The molecule has 0 bridgehead atoms. The summed E-state index contributed by atoms with van der Waals surface area (Å²) in [6.07, 6.45) is 2.48. The normalized spacial score (nSPS) is 10.1. The Hall–Kier alpha value is -0.410. The van der Waals surface area contributed by atoms with E-state index in [9.17, 15) is 0 Å². The van der Waals surface area contributed by atoms with E-state index in [0.29, 0.717) is 0 Å². The minimum absolute atomic E-state index is 0.258. The van der Waals surface area contributed by atoms with Crippen LogP contribution < -0.4 is 0 Å². The van der Waals surface area contributed by atoms with Gasteiger partial charge >= 0.3 is 0 Å². The van der Waals surface area contributed by atoms with Crippen LogP contribution in [0.2, 0.25) is 0 Å². The Morgan fingerprint density at radius 2 is 2.50 bits per heavy atom. The van der Waals surface area contributed by atoms with Crippen molar-refractivity contribution >= 4 is 11.8 Å². The third kappa shape index (κ3) is 2.45. The zero-order chi connectivity index (χ0) is 7.23. The number of furan rings is 1. The van der Waals surface area contributed by atoms with Gasteiger partial charge in [0.2, 0.25) is 0 Å². The molecular weight excluding hydrogens is 148 g/mol. The van der Waals surface area contributed by atoms with E-state index in [4.69, 9.17) is 9.52 Å². The molecule has 0 amide bonds. The summed E-state index contributed by atoms with van der Waals surface area (Å²) < 4.78 is 5.06. The number of rotatable bonds is 4. The minimum Gasteiger partial charge on any atom is -0.458 e. The summed E-state index contributed by atoms with van der Waals surface area (Å²) in [4.78, 5) is 0. The Kier molecular flexibility index (Phi) is 3.40. The molecule has 1 N–H and O–H groups in total. The van der Waals surface area contributed by atoms with Crippen molar-refractivity contribution in [3.8, 4) is 0 Å². The fraction of sp³-hybridized carbons (Fsp3) is 0.429. The maximum atomic E-state index is 8.45. The van der Waals surface area contributed by atoms with Crippen LogP contribution in [-0.2, 0) is 0 Å². The highest BCUT2D eigenvalue weighted by molar-refractivity contribution is 7.99. The Bertz CT molecular complexity index is 160. The molecule has 1 heterocycles. The molecule has 2 nitrogen and oxygen atoms in total. The van der Waals surface area contributed by atoms with E-state index in [1.54, 1.807) is 18.0 Å². The van der Waals surface area contributed by atoms with E-state index in [2.05, 4.69) is 0 Å². The molecule has 0 saturated heterocycles. The smallest absolute Gasteiger partial charge is 0.160 e. The molecule has 0 aliphatic rings. The lowest BCUT2D eigenvalue weighted by molar-refractivity contribution is 0.296. The molecule has 0 radical (unpaired) electrons. The van der Waals surface area contributed by atoms with E-state index in [0.717, 1.165) is 17.3 Å². The third-order valence-corrected chi connectivity index (χ3v) is 2.05. The molecule has 0 aromatic carbocycles. The topological polar surface area (TPSA) is 33.4 Å². The fourth-order valence-electron chi connectivity index (χ4n) is 0.583. The standard InChI is InChI=1S/C7H10O2S/c8-4-2-6-10-7-3-1-5-9-7/h1,3,5,8H,2,4,6H2. The predicted octanol–water partition coefficient (Wildman–Crippen LogP) is 1.75. The van der Waals surface area contributed by atoms with Crippen molar-refractivity contribution in [1.29, 1.82) is 0 Å². The van der Waals surface area contributed by atoms with Gasteiger partial charge < -0.3 is 9.52 Å². The lowest BCUT2D eigenvalue weighted by atomic mass is 10.5. The molecule has 0 unspecified atom stereocenters. The van der Waals surface area contributed by atoms with Crippen LogP contribution in [0.5, 0.6) is 0 Å². The molecule has 1 aromatic rings. The van der Waals surface area contributed by atoms with Crippen LogP contribution in [0.4, 0.5) is 0 Å². The first kappa shape index (κ1) is 7.69. The molecule has 0 aliphatic carbocycles. The maximum Gasteiger partial charge on any atom is 0.160 e. The van der Waals surface area contributed by atoms with Gasteiger partial charge in [-0.05, 0) is 18.6 Å². The van der Waals surface area contributed by atoms with Gasteiger partial charge in [0.15, 0.2) is 5.09 Å². The Balaban J connectivity index is 2.15. The number of aliphatic hydroxyl groups excluding tert-OH is 1. The van der Waals surface area contributed by atoms with Crippen molar-refractivity contribution < 1.29 is 9.52 Å². The highest BCUT2D eigenvalue weighted by Gasteiger charge is 1.93. The summed E-state index contributed by atoms with van der Waals surface area (Å²) in [6, 6.07) is 3.78. The van der Waals surface area contributed by atoms with Crippen molar-refractivity contribution in [2.45, 2.75) is 11.5 Å². The zero-order valence-corrected chi connectivity index (χ0v) is 6.43. The van der Waals surface area contributed by atoms with Gasteiger partial charge in [-0.25, -0.2) is 0 Å². The van der Waals surface area contributed by atoms with E-state index in [1.165, 1.54) is 0 Å². The third-order valence-electron chi connectivity index (χ3n) is 1.04. The van der Waals surface area contributed by atoms with Gasteiger partial charge in [-0.1, -0.05) is 11.8 Å². The highest BCUT2D eigenvalue weighted by atomic mass is 32.2. The Morgan fingerprint density at radius 3 is 3.10 bits per heavy atom. The second kappa shape index (κ2) is 4.41. The summed E-state index contributed by atoms with van der Waals surface area (Å²) in [5, 5.41) is 9.38. The van der Waals surface area contributed by atoms with Crippen molar-refractivity contribution in [1.82, 2.24) is 0 Å². The van der Waals surface area contributed by atoms with Gasteiger partial charge in [0, 0.05) is 12.4 Å². The van der Waals surface area contributed by atoms with Crippen LogP contribution in [0.3, 0.4) is 0 Å². The molecule has 0 fully saturated rings. The minimum atomic E-state index is 0.258. The number of hydrogen-bond acceptors (Lipinski definition) is 3. The Morgan fingerprint density at radius 1 is 1.60 bits per heavy atom. The number of hydrogen-bond donors (Lipinski definition) is 1. The van der Waals surface area contributed by atoms with E-state index in [1.807, 2.05) is 12.1 Å². The molecule has 10 heavy (non-hydrogen) atoms. The molecule has 3 heteroatoms. The van der Waals surface area contributed by atoms with Crippen molar-refractivity contribution in [2.75, 3.05) is 12.4 Å². The molecule has 0 spiro atoms. The monoisotopic (exact) mass is 158 g/mol. The van der Waals surface area contributed by atoms with Crippen LogP contribution in [-0.4, -0.2) is 17.5 Å².